The van der Waals surface area contributed by atoms with E-state index in [1.165, 1.54) is 11.8 Å². The molecule has 0 saturated carbocycles. The van der Waals surface area contributed by atoms with Crippen LogP contribution in [0.4, 0.5) is 0 Å². The molecule has 14 heavy (non-hydrogen) atoms. The van der Waals surface area contributed by atoms with Crippen molar-refractivity contribution in [3.63, 3.8) is 0 Å². The number of carbonyl (C=O) groups is 1. The van der Waals surface area contributed by atoms with E-state index >= 15 is 0 Å². The Kier molecular flexibility index (Phi) is 3.76. The minimum atomic E-state index is 0.0197. The average Bonchev–Trinajstić information content (AvgIpc) is 2.02. The van der Waals surface area contributed by atoms with E-state index in [-0.39, 0.29) is 9.86 Å². The SMILES string of the molecule is CC(C)(C)SC(=O)Cc1ccccc1. The summed E-state index contributed by atoms with van der Waals surface area (Å²) in [5, 5.41) is 0.240. The zero-order valence-corrected chi connectivity index (χ0v) is 9.73. The molecule has 0 atom stereocenters. The van der Waals surface area contributed by atoms with Crippen molar-refractivity contribution >= 4 is 16.9 Å². The van der Waals surface area contributed by atoms with Gasteiger partial charge in [0.2, 0.25) is 0 Å². The molecule has 0 aliphatic carbocycles. The van der Waals surface area contributed by atoms with Crippen LogP contribution >= 0.6 is 11.8 Å². The first-order chi connectivity index (χ1) is 6.47. The van der Waals surface area contributed by atoms with Crippen LogP contribution in [0.3, 0.4) is 0 Å². The van der Waals surface area contributed by atoms with Gasteiger partial charge in [0.15, 0.2) is 5.12 Å². The first-order valence-electron chi connectivity index (χ1n) is 4.73. The second kappa shape index (κ2) is 4.65. The van der Waals surface area contributed by atoms with Gasteiger partial charge in [0.05, 0.1) is 0 Å². The third-order valence-corrected chi connectivity index (χ3v) is 2.60. The summed E-state index contributed by atoms with van der Waals surface area (Å²) in [7, 11) is 0. The van der Waals surface area contributed by atoms with Crippen molar-refractivity contribution < 1.29 is 4.79 Å². The van der Waals surface area contributed by atoms with Gasteiger partial charge in [0.25, 0.3) is 0 Å². The number of thioether (sulfide) groups is 1. The van der Waals surface area contributed by atoms with Crippen molar-refractivity contribution in [1.82, 2.24) is 0 Å². The first kappa shape index (κ1) is 11.3. The fourth-order valence-electron chi connectivity index (χ4n) is 1.14. The van der Waals surface area contributed by atoms with E-state index in [0.717, 1.165) is 5.56 Å². The number of carbonyl (C=O) groups excluding carboxylic acids is 1. The highest BCUT2D eigenvalue weighted by Crippen LogP contribution is 2.25. The lowest BCUT2D eigenvalue weighted by molar-refractivity contribution is -0.110. The Morgan fingerprint density at radius 2 is 1.79 bits per heavy atom. The van der Waals surface area contributed by atoms with Crippen molar-refractivity contribution in [2.24, 2.45) is 0 Å². The predicted octanol–water partition coefficient (Wildman–Crippen LogP) is 3.29. The fraction of sp³-hybridized carbons (Fsp3) is 0.417. The van der Waals surface area contributed by atoms with E-state index < -0.39 is 0 Å². The summed E-state index contributed by atoms with van der Waals surface area (Å²) in [6.45, 7) is 6.17. The highest BCUT2D eigenvalue weighted by atomic mass is 32.2. The van der Waals surface area contributed by atoms with Gasteiger partial charge >= 0.3 is 0 Å². The zero-order chi connectivity index (χ0) is 10.6. The van der Waals surface area contributed by atoms with Crippen LogP contribution in [-0.4, -0.2) is 9.86 Å². The molecule has 0 unspecified atom stereocenters. The first-order valence-corrected chi connectivity index (χ1v) is 5.55. The largest absolute Gasteiger partial charge is 0.287 e. The fourth-order valence-corrected chi connectivity index (χ4v) is 2.06. The molecule has 76 valence electrons. The monoisotopic (exact) mass is 208 g/mol. The number of hydrogen-bond acceptors (Lipinski definition) is 2. The molecule has 0 bridgehead atoms. The van der Waals surface area contributed by atoms with Gasteiger partial charge in [-0.1, -0.05) is 62.9 Å². The molecule has 1 aromatic rings. The van der Waals surface area contributed by atoms with Gasteiger partial charge in [-0.15, -0.1) is 0 Å². The maximum absolute atomic E-state index is 11.6. The van der Waals surface area contributed by atoms with E-state index in [1.807, 2.05) is 30.3 Å². The van der Waals surface area contributed by atoms with Crippen molar-refractivity contribution in [2.45, 2.75) is 31.9 Å². The molecule has 0 aromatic heterocycles. The van der Waals surface area contributed by atoms with Crippen LogP contribution in [0.5, 0.6) is 0 Å². The lowest BCUT2D eigenvalue weighted by Gasteiger charge is -2.15. The Balaban J connectivity index is 2.50. The molecular weight excluding hydrogens is 192 g/mol. The van der Waals surface area contributed by atoms with Crippen LogP contribution < -0.4 is 0 Å². The number of hydrogen-bond donors (Lipinski definition) is 0. The second-order valence-corrected chi connectivity index (χ2v) is 6.13. The van der Waals surface area contributed by atoms with E-state index in [0.29, 0.717) is 6.42 Å². The van der Waals surface area contributed by atoms with Crippen LogP contribution in [0.25, 0.3) is 0 Å². The van der Waals surface area contributed by atoms with Crippen molar-refractivity contribution in [1.29, 1.82) is 0 Å². The van der Waals surface area contributed by atoms with Gasteiger partial charge in [-0.3, -0.25) is 4.79 Å². The Hall–Kier alpha value is -0.760. The van der Waals surface area contributed by atoms with Crippen molar-refractivity contribution in [2.75, 3.05) is 0 Å². The maximum Gasteiger partial charge on any atom is 0.193 e. The van der Waals surface area contributed by atoms with Gasteiger partial charge in [-0.25, -0.2) is 0 Å². The molecule has 0 aliphatic heterocycles. The molecule has 1 rings (SSSR count). The van der Waals surface area contributed by atoms with E-state index in [2.05, 4.69) is 20.8 Å². The van der Waals surface area contributed by atoms with Gasteiger partial charge in [-0.2, -0.15) is 0 Å². The van der Waals surface area contributed by atoms with E-state index in [1.54, 1.807) is 0 Å². The van der Waals surface area contributed by atoms with Gasteiger partial charge < -0.3 is 0 Å². The van der Waals surface area contributed by atoms with Crippen LogP contribution in [0, 0.1) is 0 Å². The summed E-state index contributed by atoms with van der Waals surface area (Å²) in [4.78, 5) is 11.6. The maximum atomic E-state index is 11.6. The molecule has 1 nitrogen and oxygen atoms in total. The minimum Gasteiger partial charge on any atom is -0.287 e. The lowest BCUT2D eigenvalue weighted by atomic mass is 10.2. The molecule has 2 heteroatoms. The molecule has 0 saturated heterocycles. The minimum absolute atomic E-state index is 0.0197. The van der Waals surface area contributed by atoms with Crippen LogP contribution in [0.15, 0.2) is 30.3 Å². The lowest BCUT2D eigenvalue weighted by Crippen LogP contribution is -2.13. The third-order valence-electron chi connectivity index (χ3n) is 1.61. The predicted molar refractivity (Wildman–Crippen MR) is 62.5 cm³/mol. The number of rotatable bonds is 2. The normalized spacial score (nSPS) is 11.4. The summed E-state index contributed by atoms with van der Waals surface area (Å²) < 4.78 is 0.0197. The molecule has 0 N–H and O–H groups in total. The topological polar surface area (TPSA) is 17.1 Å². The Bertz CT molecular complexity index is 298. The highest BCUT2D eigenvalue weighted by Gasteiger charge is 2.16. The average molecular weight is 208 g/mol. The van der Waals surface area contributed by atoms with E-state index in [4.69, 9.17) is 0 Å². The summed E-state index contributed by atoms with van der Waals surface area (Å²) in [5.74, 6) is 0. The zero-order valence-electron chi connectivity index (χ0n) is 8.91. The highest BCUT2D eigenvalue weighted by molar-refractivity contribution is 8.14. The van der Waals surface area contributed by atoms with Gasteiger partial charge in [0.1, 0.15) is 0 Å². The Morgan fingerprint density at radius 1 is 1.21 bits per heavy atom. The summed E-state index contributed by atoms with van der Waals surface area (Å²) in [6, 6.07) is 9.86. The summed E-state index contributed by atoms with van der Waals surface area (Å²) in [6.07, 6.45) is 0.531. The molecule has 0 heterocycles. The van der Waals surface area contributed by atoms with Crippen molar-refractivity contribution in [3.8, 4) is 0 Å². The van der Waals surface area contributed by atoms with Crippen molar-refractivity contribution in [3.05, 3.63) is 35.9 Å². The van der Waals surface area contributed by atoms with E-state index in [9.17, 15) is 4.79 Å². The quantitative estimate of drug-likeness (QED) is 0.742. The van der Waals surface area contributed by atoms with Crippen LogP contribution in [0.1, 0.15) is 26.3 Å². The van der Waals surface area contributed by atoms with Gasteiger partial charge in [0, 0.05) is 11.2 Å². The molecule has 0 spiro atoms. The number of benzene rings is 1. The second-order valence-electron chi connectivity index (χ2n) is 4.25. The Morgan fingerprint density at radius 3 is 2.29 bits per heavy atom. The van der Waals surface area contributed by atoms with Crippen LogP contribution in [-0.2, 0) is 11.2 Å². The molecule has 0 aliphatic rings. The molecule has 0 fully saturated rings. The molecule has 0 amide bonds. The standard InChI is InChI=1S/C12H16OS/c1-12(2,3)14-11(13)9-10-7-5-4-6-8-10/h4-8H,9H2,1-3H3. The summed E-state index contributed by atoms with van der Waals surface area (Å²) >= 11 is 1.41. The molecule has 1 aromatic carbocycles. The summed E-state index contributed by atoms with van der Waals surface area (Å²) in [5.41, 5.74) is 1.09. The van der Waals surface area contributed by atoms with Crippen LogP contribution in [0.2, 0.25) is 0 Å². The smallest absolute Gasteiger partial charge is 0.193 e. The third kappa shape index (κ3) is 4.47. The Labute approximate surface area is 89.9 Å². The molecule has 0 radical (unpaired) electrons. The molecular formula is C12H16OS. The van der Waals surface area contributed by atoms with Gasteiger partial charge in [-0.05, 0) is 5.56 Å².